The number of fused-ring (bicyclic) bond motifs is 1. The predicted molar refractivity (Wildman–Crippen MR) is 58.2 cm³/mol. The topological polar surface area (TPSA) is 25.8 Å². The van der Waals surface area contributed by atoms with Crippen LogP contribution in [0.1, 0.15) is 25.5 Å². The fourth-order valence-corrected chi connectivity index (χ4v) is 1.51. The van der Waals surface area contributed by atoms with Gasteiger partial charge in [-0.05, 0) is 25.0 Å². The number of hydrogen-bond acceptors (Lipinski definition) is 2. The monoisotopic (exact) mass is 186 g/mol. The SMILES string of the molecule is CCCCc1cc2ccccc2nn1. The van der Waals surface area contributed by atoms with Crippen molar-refractivity contribution in [2.75, 3.05) is 0 Å². The zero-order chi connectivity index (χ0) is 9.80. The molecular formula is C12H14N2. The van der Waals surface area contributed by atoms with Crippen LogP contribution in [0.2, 0.25) is 0 Å². The Morgan fingerprint density at radius 1 is 1.14 bits per heavy atom. The van der Waals surface area contributed by atoms with Crippen molar-refractivity contribution in [1.29, 1.82) is 0 Å². The van der Waals surface area contributed by atoms with Crippen molar-refractivity contribution >= 4 is 10.9 Å². The highest BCUT2D eigenvalue weighted by Crippen LogP contribution is 2.11. The van der Waals surface area contributed by atoms with E-state index in [0.717, 1.165) is 17.6 Å². The minimum absolute atomic E-state index is 0.979. The van der Waals surface area contributed by atoms with Crippen molar-refractivity contribution in [3.8, 4) is 0 Å². The van der Waals surface area contributed by atoms with E-state index in [1.807, 2.05) is 18.2 Å². The summed E-state index contributed by atoms with van der Waals surface area (Å²) < 4.78 is 0. The third-order valence-corrected chi connectivity index (χ3v) is 2.33. The molecule has 0 saturated carbocycles. The zero-order valence-corrected chi connectivity index (χ0v) is 8.40. The van der Waals surface area contributed by atoms with Gasteiger partial charge >= 0.3 is 0 Å². The summed E-state index contributed by atoms with van der Waals surface area (Å²) in [6.45, 7) is 2.19. The van der Waals surface area contributed by atoms with E-state index in [2.05, 4.69) is 29.3 Å². The molecule has 0 radical (unpaired) electrons. The molecule has 0 aliphatic heterocycles. The molecule has 2 heteroatoms. The van der Waals surface area contributed by atoms with Crippen LogP contribution in [-0.4, -0.2) is 10.2 Å². The van der Waals surface area contributed by atoms with Crippen LogP contribution in [0.25, 0.3) is 10.9 Å². The van der Waals surface area contributed by atoms with E-state index < -0.39 is 0 Å². The van der Waals surface area contributed by atoms with Crippen LogP contribution in [0.15, 0.2) is 30.3 Å². The summed E-state index contributed by atoms with van der Waals surface area (Å²) in [5.41, 5.74) is 2.08. The maximum absolute atomic E-state index is 4.19. The van der Waals surface area contributed by atoms with Gasteiger partial charge in [0.1, 0.15) is 0 Å². The maximum atomic E-state index is 4.19. The van der Waals surface area contributed by atoms with E-state index in [9.17, 15) is 0 Å². The third kappa shape index (κ3) is 1.90. The number of aryl methyl sites for hydroxylation is 1. The van der Waals surface area contributed by atoms with E-state index in [0.29, 0.717) is 0 Å². The van der Waals surface area contributed by atoms with E-state index in [1.54, 1.807) is 0 Å². The Balaban J connectivity index is 2.32. The summed E-state index contributed by atoms with van der Waals surface area (Å²) in [6.07, 6.45) is 3.43. The molecule has 14 heavy (non-hydrogen) atoms. The molecule has 0 unspecified atom stereocenters. The molecule has 0 N–H and O–H groups in total. The first-order valence-corrected chi connectivity index (χ1v) is 5.11. The highest BCUT2D eigenvalue weighted by molar-refractivity contribution is 5.77. The fraction of sp³-hybridized carbons (Fsp3) is 0.333. The second kappa shape index (κ2) is 4.18. The first-order valence-electron chi connectivity index (χ1n) is 5.11. The van der Waals surface area contributed by atoms with Crippen LogP contribution < -0.4 is 0 Å². The summed E-state index contributed by atoms with van der Waals surface area (Å²) >= 11 is 0. The van der Waals surface area contributed by atoms with E-state index in [4.69, 9.17) is 0 Å². The molecule has 2 nitrogen and oxygen atoms in total. The van der Waals surface area contributed by atoms with Crippen molar-refractivity contribution in [2.45, 2.75) is 26.2 Å². The van der Waals surface area contributed by atoms with E-state index in [1.165, 1.54) is 18.2 Å². The Morgan fingerprint density at radius 2 is 2.00 bits per heavy atom. The summed E-state index contributed by atoms with van der Waals surface area (Å²) in [6, 6.07) is 10.2. The molecule has 0 spiro atoms. The van der Waals surface area contributed by atoms with Crippen LogP contribution in [0.4, 0.5) is 0 Å². The van der Waals surface area contributed by atoms with Gasteiger partial charge in [-0.1, -0.05) is 31.5 Å². The summed E-state index contributed by atoms with van der Waals surface area (Å²) in [5.74, 6) is 0. The minimum Gasteiger partial charge on any atom is -0.155 e. The smallest absolute Gasteiger partial charge is 0.0929 e. The normalized spacial score (nSPS) is 10.6. The Morgan fingerprint density at radius 3 is 2.86 bits per heavy atom. The second-order valence-electron chi connectivity index (χ2n) is 3.50. The molecule has 2 aromatic rings. The largest absolute Gasteiger partial charge is 0.155 e. The molecule has 1 heterocycles. The average molecular weight is 186 g/mol. The lowest BCUT2D eigenvalue weighted by Gasteiger charge is -1.99. The maximum Gasteiger partial charge on any atom is 0.0929 e. The fourth-order valence-electron chi connectivity index (χ4n) is 1.51. The number of nitrogens with zero attached hydrogens (tertiary/aromatic N) is 2. The number of unbranched alkanes of at least 4 members (excludes halogenated alkanes) is 1. The van der Waals surface area contributed by atoms with Crippen molar-refractivity contribution in [2.24, 2.45) is 0 Å². The predicted octanol–water partition coefficient (Wildman–Crippen LogP) is 2.97. The Bertz CT molecular complexity index is 423. The third-order valence-electron chi connectivity index (χ3n) is 2.33. The van der Waals surface area contributed by atoms with Gasteiger partial charge in [0.05, 0.1) is 11.2 Å². The molecule has 1 aromatic carbocycles. The Kier molecular flexibility index (Phi) is 2.73. The summed E-state index contributed by atoms with van der Waals surface area (Å²) in [4.78, 5) is 0. The first-order chi connectivity index (χ1) is 6.90. The Hall–Kier alpha value is -1.44. The Labute approximate surface area is 84.0 Å². The van der Waals surface area contributed by atoms with Gasteiger partial charge < -0.3 is 0 Å². The zero-order valence-electron chi connectivity index (χ0n) is 8.40. The van der Waals surface area contributed by atoms with Crippen molar-refractivity contribution in [1.82, 2.24) is 10.2 Å². The van der Waals surface area contributed by atoms with Crippen LogP contribution >= 0.6 is 0 Å². The molecular weight excluding hydrogens is 172 g/mol. The van der Waals surface area contributed by atoms with Gasteiger partial charge in [0.25, 0.3) is 0 Å². The van der Waals surface area contributed by atoms with Gasteiger partial charge in [0, 0.05) is 5.39 Å². The molecule has 0 atom stereocenters. The highest BCUT2D eigenvalue weighted by Gasteiger charge is 1.97. The average Bonchev–Trinajstić information content (AvgIpc) is 2.26. The molecule has 0 amide bonds. The van der Waals surface area contributed by atoms with Crippen molar-refractivity contribution in [3.63, 3.8) is 0 Å². The van der Waals surface area contributed by atoms with Crippen LogP contribution in [0.5, 0.6) is 0 Å². The van der Waals surface area contributed by atoms with E-state index >= 15 is 0 Å². The van der Waals surface area contributed by atoms with Crippen molar-refractivity contribution in [3.05, 3.63) is 36.0 Å². The number of aromatic nitrogens is 2. The van der Waals surface area contributed by atoms with Gasteiger partial charge in [-0.15, -0.1) is 0 Å². The molecule has 2 rings (SSSR count). The lowest BCUT2D eigenvalue weighted by atomic mass is 10.1. The molecule has 0 aliphatic carbocycles. The standard InChI is InChI=1S/C12H14N2/c1-2-3-7-11-9-10-6-4-5-8-12(10)14-13-11/h4-6,8-9H,2-3,7H2,1H3. The summed E-state index contributed by atoms with van der Waals surface area (Å²) in [5, 5.41) is 9.57. The van der Waals surface area contributed by atoms with Gasteiger partial charge in [-0.25, -0.2) is 0 Å². The molecule has 0 saturated heterocycles. The number of hydrogen-bond donors (Lipinski definition) is 0. The molecule has 0 aliphatic rings. The highest BCUT2D eigenvalue weighted by atomic mass is 15.1. The van der Waals surface area contributed by atoms with E-state index in [-0.39, 0.29) is 0 Å². The first kappa shape index (κ1) is 9.13. The molecule has 0 bridgehead atoms. The van der Waals surface area contributed by atoms with Gasteiger partial charge in [0.15, 0.2) is 0 Å². The lowest BCUT2D eigenvalue weighted by molar-refractivity contribution is 0.764. The number of benzene rings is 1. The molecule has 0 fully saturated rings. The van der Waals surface area contributed by atoms with Gasteiger partial charge in [-0.2, -0.15) is 10.2 Å². The summed E-state index contributed by atoms with van der Waals surface area (Å²) in [7, 11) is 0. The van der Waals surface area contributed by atoms with Gasteiger partial charge in [-0.3, -0.25) is 0 Å². The van der Waals surface area contributed by atoms with Crippen LogP contribution in [0, 0.1) is 0 Å². The lowest BCUT2D eigenvalue weighted by Crippen LogP contribution is -1.93. The van der Waals surface area contributed by atoms with Crippen molar-refractivity contribution < 1.29 is 0 Å². The van der Waals surface area contributed by atoms with Gasteiger partial charge in [0.2, 0.25) is 0 Å². The minimum atomic E-state index is 0.979. The van der Waals surface area contributed by atoms with Crippen LogP contribution in [-0.2, 0) is 6.42 Å². The second-order valence-corrected chi connectivity index (χ2v) is 3.50. The number of rotatable bonds is 3. The molecule has 72 valence electrons. The molecule has 1 aromatic heterocycles. The van der Waals surface area contributed by atoms with Crippen LogP contribution in [0.3, 0.4) is 0 Å². The quantitative estimate of drug-likeness (QED) is 0.736.